The van der Waals surface area contributed by atoms with Crippen LogP contribution in [0.2, 0.25) is 25.7 Å². The molecule has 1 aromatic carbocycles. The highest BCUT2D eigenvalue weighted by atomic mass is 28.3. The number of benzene rings is 1. The molecule has 5 rings (SSSR count). The van der Waals surface area contributed by atoms with Crippen LogP contribution >= 0.6 is 0 Å². The summed E-state index contributed by atoms with van der Waals surface area (Å²) in [6.45, 7) is 15.7. The van der Waals surface area contributed by atoms with Crippen molar-refractivity contribution in [1.82, 2.24) is 24.8 Å². The molecule has 2 fully saturated rings. The highest BCUT2D eigenvalue weighted by Gasteiger charge is 2.38. The monoisotopic (exact) mass is 667 g/mol. The number of β-amino-alcohol motifs (C(OH)–C–C–N with tert-alkyl or cyclic N) is 1. The molecule has 1 aliphatic heterocycles. The summed E-state index contributed by atoms with van der Waals surface area (Å²) >= 11 is 0. The van der Waals surface area contributed by atoms with E-state index in [2.05, 4.69) is 29.9 Å². The van der Waals surface area contributed by atoms with E-state index in [-0.39, 0.29) is 19.8 Å². The molecule has 0 radical (unpaired) electrons. The van der Waals surface area contributed by atoms with Gasteiger partial charge >= 0.3 is 6.09 Å². The van der Waals surface area contributed by atoms with Gasteiger partial charge in [-0.25, -0.2) is 14.8 Å². The molecule has 256 valence electrons. The topological polar surface area (TPSA) is 137 Å². The van der Waals surface area contributed by atoms with E-state index in [1.807, 2.05) is 29.7 Å². The zero-order chi connectivity index (χ0) is 34.1. The summed E-state index contributed by atoms with van der Waals surface area (Å²) in [6, 6.07) is 5.95. The molecule has 1 saturated heterocycles. The lowest BCUT2D eigenvalue weighted by atomic mass is 10.1. The number of carbonyl (C=O) groups is 2. The molecule has 2 atom stereocenters. The molecule has 3 heterocycles. The normalized spacial score (nSPS) is 18.4. The molecule has 47 heavy (non-hydrogen) atoms. The Hall–Kier alpha value is -3.68. The van der Waals surface area contributed by atoms with Crippen molar-refractivity contribution in [3.05, 3.63) is 35.8 Å². The number of ether oxygens (including phenoxy) is 4. The molecule has 13 heteroatoms. The first-order valence-electron chi connectivity index (χ1n) is 16.3. The summed E-state index contributed by atoms with van der Waals surface area (Å²) in [5, 5.41) is 13.8. The number of likely N-dealkylation sites (tertiary alicyclic amines) is 1. The van der Waals surface area contributed by atoms with Crippen molar-refractivity contribution in [3.8, 4) is 22.8 Å². The Morgan fingerprint density at radius 1 is 1.13 bits per heavy atom. The Balaban J connectivity index is 1.51. The average Bonchev–Trinajstić information content (AvgIpc) is 3.68. The zero-order valence-electron chi connectivity index (χ0n) is 28.9. The number of hydrogen-bond acceptors (Lipinski definition) is 9. The number of amides is 2. The second-order valence-electron chi connectivity index (χ2n) is 14.8. The smallest absolute Gasteiger partial charge is 0.410 e. The summed E-state index contributed by atoms with van der Waals surface area (Å²) in [5.41, 5.74) is 2.80. The van der Waals surface area contributed by atoms with Crippen LogP contribution in [0.4, 0.5) is 4.79 Å². The van der Waals surface area contributed by atoms with Crippen LogP contribution in [0.3, 0.4) is 0 Å². The highest BCUT2D eigenvalue weighted by molar-refractivity contribution is 6.76. The van der Waals surface area contributed by atoms with E-state index < -0.39 is 37.8 Å². The van der Waals surface area contributed by atoms with E-state index in [0.717, 1.165) is 24.4 Å². The number of nitrogens with zero attached hydrogens (tertiary/aromatic N) is 4. The fourth-order valence-electron chi connectivity index (χ4n) is 5.54. The van der Waals surface area contributed by atoms with Gasteiger partial charge in [-0.05, 0) is 64.6 Å². The standard InChI is InChI=1S/C34H49N5O7Si/c1-21-28(32(41)37-25-16-38(17-26(25)40)33(42)46-34(2,3)4)30-31(39(21)20-44-13-14-47(6,7)8)29(35-19-36-30)24-12-11-23(43-5)15-27(24)45-18-22-9-10-22/h11-12,15,19,22,25-26,40H,9-10,13-14,16-18,20H2,1-8H3,(H,37,41)/t25-,26-/m1/s1. The van der Waals surface area contributed by atoms with E-state index >= 15 is 0 Å². The predicted octanol–water partition coefficient (Wildman–Crippen LogP) is 5.23. The molecular formula is C34H49N5O7Si. The zero-order valence-corrected chi connectivity index (χ0v) is 29.9. The van der Waals surface area contributed by atoms with Crippen molar-refractivity contribution in [2.45, 2.75) is 90.7 Å². The number of nitrogens with one attached hydrogen (secondary N) is 1. The quantitative estimate of drug-likeness (QED) is 0.197. The van der Waals surface area contributed by atoms with Gasteiger partial charge in [0.2, 0.25) is 0 Å². The summed E-state index contributed by atoms with van der Waals surface area (Å²) in [4.78, 5) is 37.5. The van der Waals surface area contributed by atoms with Crippen LogP contribution in [-0.2, 0) is 16.2 Å². The minimum Gasteiger partial charge on any atom is -0.497 e. The van der Waals surface area contributed by atoms with Crippen LogP contribution in [0.25, 0.3) is 22.3 Å². The molecule has 2 aromatic heterocycles. The van der Waals surface area contributed by atoms with Gasteiger partial charge in [-0.3, -0.25) is 4.79 Å². The minimum absolute atomic E-state index is 0.0545. The largest absolute Gasteiger partial charge is 0.497 e. The predicted molar refractivity (Wildman–Crippen MR) is 182 cm³/mol. The van der Waals surface area contributed by atoms with Crippen molar-refractivity contribution < 1.29 is 33.6 Å². The minimum atomic E-state index is -1.34. The SMILES string of the molecule is COc1ccc(-c2ncnc3c(C(=O)N[C@@H]4CN(C(=O)OC(C)(C)C)C[C@H]4O)c(C)n(COCC[Si](C)(C)C)c23)c(OCC2CC2)c1. The van der Waals surface area contributed by atoms with Crippen LogP contribution < -0.4 is 14.8 Å². The van der Waals surface area contributed by atoms with Gasteiger partial charge in [-0.15, -0.1) is 0 Å². The molecule has 2 amide bonds. The molecule has 1 aliphatic carbocycles. The molecule has 0 spiro atoms. The van der Waals surface area contributed by atoms with Crippen LogP contribution in [0, 0.1) is 12.8 Å². The third kappa shape index (κ3) is 8.43. The third-order valence-corrected chi connectivity index (χ3v) is 10.1. The van der Waals surface area contributed by atoms with Gasteiger partial charge < -0.3 is 38.8 Å². The van der Waals surface area contributed by atoms with E-state index in [1.54, 1.807) is 27.9 Å². The summed E-state index contributed by atoms with van der Waals surface area (Å²) in [6.07, 6.45) is 2.26. The number of methoxy groups -OCH3 is 1. The summed E-state index contributed by atoms with van der Waals surface area (Å²) in [5.74, 6) is 1.44. The fraction of sp³-hybridized carbons (Fsp3) is 0.588. The molecule has 0 unspecified atom stereocenters. The first-order valence-corrected chi connectivity index (χ1v) is 20.1. The number of aromatic nitrogens is 3. The van der Waals surface area contributed by atoms with Crippen LogP contribution in [0.1, 0.15) is 49.7 Å². The molecule has 0 bridgehead atoms. The lowest BCUT2D eigenvalue weighted by molar-refractivity contribution is 0.0269. The van der Waals surface area contributed by atoms with Gasteiger partial charge in [0.05, 0.1) is 43.5 Å². The van der Waals surface area contributed by atoms with Crippen LogP contribution in [0.5, 0.6) is 11.5 Å². The van der Waals surface area contributed by atoms with E-state index in [9.17, 15) is 14.7 Å². The fourth-order valence-corrected chi connectivity index (χ4v) is 6.29. The first kappa shape index (κ1) is 34.6. The molecular weight excluding hydrogens is 618 g/mol. The Labute approximate surface area is 277 Å². The van der Waals surface area contributed by atoms with Crippen molar-refractivity contribution >= 4 is 31.1 Å². The molecule has 2 N–H and O–H groups in total. The lowest BCUT2D eigenvalue weighted by Crippen LogP contribution is -2.43. The average molecular weight is 668 g/mol. The summed E-state index contributed by atoms with van der Waals surface area (Å²) in [7, 11) is 0.283. The van der Waals surface area contributed by atoms with Crippen molar-refractivity contribution in [3.63, 3.8) is 0 Å². The molecule has 3 aromatic rings. The Morgan fingerprint density at radius 3 is 2.53 bits per heavy atom. The Morgan fingerprint density at radius 2 is 1.87 bits per heavy atom. The van der Waals surface area contributed by atoms with E-state index in [4.69, 9.17) is 23.9 Å². The molecule has 12 nitrogen and oxygen atoms in total. The maximum atomic E-state index is 14.0. The number of aliphatic hydroxyl groups is 1. The Bertz CT molecular complexity index is 1610. The van der Waals surface area contributed by atoms with Gasteiger partial charge in [-0.2, -0.15) is 0 Å². The number of rotatable bonds is 12. The second kappa shape index (κ2) is 13.8. The van der Waals surface area contributed by atoms with E-state index in [1.165, 1.54) is 11.2 Å². The van der Waals surface area contributed by atoms with E-state index in [0.29, 0.717) is 58.6 Å². The number of aliphatic hydroxyl groups excluding tert-OH is 1. The molecule has 1 saturated carbocycles. The van der Waals surface area contributed by atoms with Crippen LogP contribution in [0.15, 0.2) is 24.5 Å². The lowest BCUT2D eigenvalue weighted by Gasteiger charge is -2.24. The van der Waals surface area contributed by atoms with Gasteiger partial charge in [0.15, 0.2) is 0 Å². The Kier molecular flexibility index (Phi) is 10.2. The maximum Gasteiger partial charge on any atom is 0.410 e. The highest BCUT2D eigenvalue weighted by Crippen LogP contribution is 2.39. The van der Waals surface area contributed by atoms with Crippen molar-refractivity contribution in [2.24, 2.45) is 5.92 Å². The number of carbonyl (C=O) groups excluding carboxylic acids is 2. The number of hydrogen-bond donors (Lipinski definition) is 2. The van der Waals surface area contributed by atoms with Gasteiger partial charge in [-0.1, -0.05) is 19.6 Å². The van der Waals surface area contributed by atoms with Crippen molar-refractivity contribution in [2.75, 3.05) is 33.4 Å². The first-order chi connectivity index (χ1) is 22.1. The van der Waals surface area contributed by atoms with Gasteiger partial charge in [0.1, 0.15) is 41.4 Å². The summed E-state index contributed by atoms with van der Waals surface area (Å²) < 4.78 is 25.4. The number of fused-ring (bicyclic) bond motifs is 1. The van der Waals surface area contributed by atoms with Crippen LogP contribution in [-0.4, -0.2) is 95.8 Å². The molecule has 2 aliphatic rings. The van der Waals surface area contributed by atoms with Gasteiger partial charge in [0, 0.05) is 38.5 Å². The van der Waals surface area contributed by atoms with Crippen molar-refractivity contribution in [1.29, 1.82) is 0 Å². The second-order valence-corrected chi connectivity index (χ2v) is 20.4. The maximum absolute atomic E-state index is 14.0. The third-order valence-electron chi connectivity index (χ3n) is 8.41. The van der Waals surface area contributed by atoms with Gasteiger partial charge in [0.25, 0.3) is 5.91 Å².